The van der Waals surface area contributed by atoms with Crippen molar-refractivity contribution in [2.75, 3.05) is 25.5 Å². The molecule has 3 N–H and O–H groups in total. The summed E-state index contributed by atoms with van der Waals surface area (Å²) in [6, 6.07) is 6.69. The Morgan fingerprint density at radius 3 is 2.67 bits per heavy atom. The Morgan fingerprint density at radius 1 is 1.44 bits per heavy atom. The lowest BCUT2D eigenvalue weighted by molar-refractivity contribution is 0.284. The van der Waals surface area contributed by atoms with Gasteiger partial charge in [-0.3, -0.25) is 0 Å². The molecule has 0 aromatic heterocycles. The van der Waals surface area contributed by atoms with Crippen molar-refractivity contribution in [1.29, 1.82) is 0 Å². The summed E-state index contributed by atoms with van der Waals surface area (Å²) in [5, 5.41) is 3.40. The molecule has 0 fully saturated rings. The minimum atomic E-state index is 0.443. The lowest BCUT2D eigenvalue weighted by Gasteiger charge is -2.21. The SMILES string of the molecule is Cc1ccc(NCCN(C)C(C)C)c(C(N)=S)c1. The molecule has 0 spiro atoms. The number of aryl methyl sites for hydroxylation is 1. The highest BCUT2D eigenvalue weighted by atomic mass is 32.1. The average Bonchev–Trinajstić information content (AvgIpc) is 2.30. The van der Waals surface area contributed by atoms with E-state index in [4.69, 9.17) is 18.0 Å². The summed E-state index contributed by atoms with van der Waals surface area (Å²) < 4.78 is 0. The first kappa shape index (κ1) is 14.9. The van der Waals surface area contributed by atoms with Crippen molar-refractivity contribution in [3.8, 4) is 0 Å². The fourth-order valence-electron chi connectivity index (χ4n) is 1.64. The summed E-state index contributed by atoms with van der Waals surface area (Å²) in [5.41, 5.74) is 8.86. The van der Waals surface area contributed by atoms with Crippen LogP contribution in [-0.2, 0) is 0 Å². The zero-order valence-electron chi connectivity index (χ0n) is 11.7. The average molecular weight is 265 g/mol. The summed E-state index contributed by atoms with van der Waals surface area (Å²) in [4.78, 5) is 2.74. The van der Waals surface area contributed by atoms with Crippen LogP contribution in [0.4, 0.5) is 5.69 Å². The van der Waals surface area contributed by atoms with Crippen LogP contribution in [0.15, 0.2) is 18.2 Å². The highest BCUT2D eigenvalue weighted by Crippen LogP contribution is 2.17. The van der Waals surface area contributed by atoms with E-state index < -0.39 is 0 Å². The van der Waals surface area contributed by atoms with Crippen LogP contribution in [0.3, 0.4) is 0 Å². The molecule has 1 rings (SSSR count). The molecule has 0 saturated heterocycles. The predicted molar refractivity (Wildman–Crippen MR) is 83.3 cm³/mol. The minimum Gasteiger partial charge on any atom is -0.389 e. The second-order valence-electron chi connectivity index (χ2n) is 4.91. The Hall–Kier alpha value is -1.13. The summed E-state index contributed by atoms with van der Waals surface area (Å²) in [6.07, 6.45) is 0. The Kier molecular flexibility index (Phi) is 5.56. The maximum atomic E-state index is 5.74. The van der Waals surface area contributed by atoms with Crippen molar-refractivity contribution in [3.05, 3.63) is 29.3 Å². The summed E-state index contributed by atoms with van der Waals surface area (Å²) in [6.45, 7) is 8.28. The largest absolute Gasteiger partial charge is 0.389 e. The molecule has 3 nitrogen and oxygen atoms in total. The first-order chi connectivity index (χ1) is 8.41. The molecule has 0 bridgehead atoms. The van der Waals surface area contributed by atoms with Crippen LogP contribution >= 0.6 is 12.2 Å². The van der Waals surface area contributed by atoms with Gasteiger partial charge in [0.25, 0.3) is 0 Å². The third-order valence-corrected chi connectivity index (χ3v) is 3.32. The van der Waals surface area contributed by atoms with Crippen LogP contribution in [0.5, 0.6) is 0 Å². The van der Waals surface area contributed by atoms with E-state index in [1.54, 1.807) is 0 Å². The molecular formula is C14H23N3S. The van der Waals surface area contributed by atoms with Gasteiger partial charge in [-0.05, 0) is 40.0 Å². The van der Waals surface area contributed by atoms with Crippen LogP contribution in [-0.4, -0.2) is 36.1 Å². The van der Waals surface area contributed by atoms with Crippen molar-refractivity contribution in [3.63, 3.8) is 0 Å². The van der Waals surface area contributed by atoms with E-state index in [1.807, 2.05) is 19.1 Å². The Labute approximate surface area is 115 Å². The second kappa shape index (κ2) is 6.71. The molecule has 0 aliphatic heterocycles. The highest BCUT2D eigenvalue weighted by Gasteiger charge is 2.06. The number of thiocarbonyl (C=S) groups is 1. The lowest BCUT2D eigenvalue weighted by atomic mass is 10.1. The summed E-state index contributed by atoms with van der Waals surface area (Å²) in [5.74, 6) is 0. The predicted octanol–water partition coefficient (Wildman–Crippen LogP) is 2.38. The van der Waals surface area contributed by atoms with E-state index in [0.717, 1.165) is 24.3 Å². The number of hydrogen-bond acceptors (Lipinski definition) is 3. The van der Waals surface area contributed by atoms with Crippen molar-refractivity contribution in [2.24, 2.45) is 5.73 Å². The molecule has 0 radical (unpaired) electrons. The minimum absolute atomic E-state index is 0.443. The molecule has 0 aliphatic carbocycles. The van der Waals surface area contributed by atoms with Gasteiger partial charge in [0.2, 0.25) is 0 Å². The second-order valence-corrected chi connectivity index (χ2v) is 5.35. The summed E-state index contributed by atoms with van der Waals surface area (Å²) >= 11 is 5.08. The van der Waals surface area contributed by atoms with Crippen molar-refractivity contribution < 1.29 is 0 Å². The van der Waals surface area contributed by atoms with Crippen LogP contribution in [0.1, 0.15) is 25.0 Å². The fraction of sp³-hybridized carbons (Fsp3) is 0.500. The van der Waals surface area contributed by atoms with E-state index in [1.165, 1.54) is 5.56 Å². The molecule has 0 atom stereocenters. The van der Waals surface area contributed by atoms with Gasteiger partial charge in [-0.1, -0.05) is 23.8 Å². The third kappa shape index (κ3) is 4.27. The molecular weight excluding hydrogens is 242 g/mol. The fourth-order valence-corrected chi connectivity index (χ4v) is 1.81. The van der Waals surface area contributed by atoms with E-state index in [-0.39, 0.29) is 0 Å². The highest BCUT2D eigenvalue weighted by molar-refractivity contribution is 7.80. The first-order valence-electron chi connectivity index (χ1n) is 6.26. The van der Waals surface area contributed by atoms with Gasteiger partial charge in [0, 0.05) is 30.4 Å². The number of nitrogens with one attached hydrogen (secondary N) is 1. The quantitative estimate of drug-likeness (QED) is 0.775. The van der Waals surface area contributed by atoms with E-state index >= 15 is 0 Å². The Morgan fingerprint density at radius 2 is 2.11 bits per heavy atom. The normalized spacial score (nSPS) is 11.0. The van der Waals surface area contributed by atoms with Crippen LogP contribution < -0.4 is 11.1 Å². The molecule has 4 heteroatoms. The Balaban J connectivity index is 2.65. The van der Waals surface area contributed by atoms with Gasteiger partial charge in [0.05, 0.1) is 0 Å². The van der Waals surface area contributed by atoms with Gasteiger partial charge in [-0.25, -0.2) is 0 Å². The van der Waals surface area contributed by atoms with Gasteiger partial charge in [0.1, 0.15) is 4.99 Å². The number of rotatable bonds is 6. The van der Waals surface area contributed by atoms with Gasteiger partial charge >= 0.3 is 0 Å². The monoisotopic (exact) mass is 265 g/mol. The molecule has 0 heterocycles. The topological polar surface area (TPSA) is 41.3 Å². The zero-order valence-corrected chi connectivity index (χ0v) is 12.5. The van der Waals surface area contributed by atoms with Crippen LogP contribution in [0.2, 0.25) is 0 Å². The number of nitrogens with two attached hydrogens (primary N) is 1. The standard InChI is InChI=1S/C14H23N3S/c1-10(2)17(4)8-7-16-13-6-5-11(3)9-12(13)14(15)18/h5-6,9-10,16H,7-8H2,1-4H3,(H2,15,18). The molecule has 1 aromatic rings. The number of benzene rings is 1. The van der Waals surface area contributed by atoms with Crippen molar-refractivity contribution in [1.82, 2.24) is 4.90 Å². The molecule has 0 aliphatic rings. The van der Waals surface area contributed by atoms with Gasteiger partial charge in [-0.15, -0.1) is 0 Å². The Bertz CT molecular complexity index is 416. The first-order valence-corrected chi connectivity index (χ1v) is 6.67. The molecule has 100 valence electrons. The maximum Gasteiger partial charge on any atom is 0.106 e. The van der Waals surface area contributed by atoms with Gasteiger partial charge in [0.15, 0.2) is 0 Å². The molecule has 0 amide bonds. The smallest absolute Gasteiger partial charge is 0.106 e. The van der Waals surface area contributed by atoms with Gasteiger partial charge < -0.3 is 16.0 Å². The van der Waals surface area contributed by atoms with Crippen molar-refractivity contribution in [2.45, 2.75) is 26.8 Å². The maximum absolute atomic E-state index is 5.74. The number of likely N-dealkylation sites (N-methyl/N-ethyl adjacent to an activating group) is 1. The lowest BCUT2D eigenvalue weighted by Crippen LogP contribution is -2.31. The molecule has 18 heavy (non-hydrogen) atoms. The summed E-state index contributed by atoms with van der Waals surface area (Å²) in [7, 11) is 2.12. The number of anilines is 1. The number of nitrogens with zero attached hydrogens (tertiary/aromatic N) is 1. The van der Waals surface area contributed by atoms with Gasteiger partial charge in [-0.2, -0.15) is 0 Å². The van der Waals surface area contributed by atoms with Crippen LogP contribution in [0, 0.1) is 6.92 Å². The van der Waals surface area contributed by atoms with E-state index in [9.17, 15) is 0 Å². The molecule has 0 unspecified atom stereocenters. The molecule has 1 aromatic carbocycles. The van der Waals surface area contributed by atoms with E-state index in [2.05, 4.69) is 37.2 Å². The van der Waals surface area contributed by atoms with Crippen LogP contribution in [0.25, 0.3) is 0 Å². The van der Waals surface area contributed by atoms with Crippen molar-refractivity contribution >= 4 is 22.9 Å². The molecule has 0 saturated carbocycles. The van der Waals surface area contributed by atoms with E-state index in [0.29, 0.717) is 11.0 Å². The number of hydrogen-bond donors (Lipinski definition) is 2. The zero-order chi connectivity index (χ0) is 13.7. The third-order valence-electron chi connectivity index (χ3n) is 3.10.